The van der Waals surface area contributed by atoms with Crippen molar-refractivity contribution < 1.29 is 14.7 Å². The van der Waals surface area contributed by atoms with Crippen molar-refractivity contribution in [3.8, 4) is 17.2 Å². The lowest BCUT2D eigenvalue weighted by molar-refractivity contribution is -0.128. The van der Waals surface area contributed by atoms with Crippen molar-refractivity contribution in [3.63, 3.8) is 0 Å². The van der Waals surface area contributed by atoms with Crippen LogP contribution in [0.3, 0.4) is 0 Å². The van der Waals surface area contributed by atoms with Crippen LogP contribution in [0.15, 0.2) is 47.4 Å². The second kappa shape index (κ2) is 10.1. The molecule has 32 heavy (non-hydrogen) atoms. The van der Waals surface area contributed by atoms with Crippen molar-refractivity contribution >= 4 is 12.0 Å². The first-order chi connectivity index (χ1) is 15.3. The van der Waals surface area contributed by atoms with Crippen molar-refractivity contribution in [2.24, 2.45) is 7.05 Å². The summed E-state index contributed by atoms with van der Waals surface area (Å²) in [5.41, 5.74) is 1.43. The molecule has 168 valence electrons. The molecule has 1 aromatic heterocycles. The molecule has 3 N–H and O–H groups in total. The van der Waals surface area contributed by atoms with Gasteiger partial charge in [-0.1, -0.05) is 49.9 Å². The zero-order valence-corrected chi connectivity index (χ0v) is 18.1. The molecule has 1 atom stereocenters. The fourth-order valence-corrected chi connectivity index (χ4v) is 4.20. The average molecular weight is 437 g/mol. The summed E-state index contributed by atoms with van der Waals surface area (Å²) in [6.45, 7) is 0. The number of carboxylic acid groups (broad SMARTS) is 1. The number of hydrogen-bond acceptors (Lipinski definition) is 4. The molecule has 0 bridgehead atoms. The average Bonchev–Trinajstić information content (AvgIpc) is 3.01. The van der Waals surface area contributed by atoms with Crippen LogP contribution in [0.2, 0.25) is 0 Å². The van der Waals surface area contributed by atoms with Crippen molar-refractivity contribution in [1.82, 2.24) is 15.2 Å². The van der Waals surface area contributed by atoms with Gasteiger partial charge in [-0.25, -0.2) is 4.79 Å². The van der Waals surface area contributed by atoms with Gasteiger partial charge in [-0.3, -0.25) is 9.59 Å². The molecule has 1 aliphatic carbocycles. The molecule has 2 aromatic rings. The van der Waals surface area contributed by atoms with Gasteiger partial charge in [-0.15, -0.1) is 0 Å². The van der Waals surface area contributed by atoms with Crippen LogP contribution in [0.1, 0.15) is 44.1 Å². The van der Waals surface area contributed by atoms with E-state index in [0.717, 1.165) is 42.4 Å². The molecular weight excluding hydrogens is 408 g/mol. The lowest BCUT2D eigenvalue weighted by Crippen LogP contribution is -2.60. The van der Waals surface area contributed by atoms with Gasteiger partial charge in [0.15, 0.2) is 0 Å². The summed E-state index contributed by atoms with van der Waals surface area (Å²) < 4.78 is 1.51. The lowest BCUT2D eigenvalue weighted by Gasteiger charge is -2.32. The molecule has 1 heterocycles. The molecule has 1 aromatic carbocycles. The van der Waals surface area contributed by atoms with E-state index in [4.69, 9.17) is 0 Å². The lowest BCUT2D eigenvalue weighted by atomic mass is 9.88. The Hall–Kier alpha value is -3.60. The number of nitriles is 1. The summed E-state index contributed by atoms with van der Waals surface area (Å²) >= 11 is 0. The van der Waals surface area contributed by atoms with E-state index < -0.39 is 23.6 Å². The monoisotopic (exact) mass is 436 g/mol. The summed E-state index contributed by atoms with van der Waals surface area (Å²) in [5.74, 6) is -0.435. The molecule has 2 amide bonds. The molecule has 1 saturated carbocycles. The van der Waals surface area contributed by atoms with Gasteiger partial charge in [0.05, 0.1) is 6.07 Å². The topological polar surface area (TPSA) is 124 Å². The number of aryl methyl sites for hydroxylation is 1. The highest BCUT2D eigenvalue weighted by molar-refractivity contribution is 5.90. The molecular formula is C24H28N4O4. The maximum Gasteiger partial charge on any atom is 0.405 e. The molecule has 0 spiro atoms. The minimum absolute atomic E-state index is 0.0817. The number of carbonyl (C=O) groups is 2. The fraction of sp³-hybridized carbons (Fsp3) is 0.417. The first-order valence-electron chi connectivity index (χ1n) is 10.8. The van der Waals surface area contributed by atoms with Crippen LogP contribution < -0.4 is 16.2 Å². The predicted octanol–water partition coefficient (Wildman–Crippen LogP) is 2.96. The van der Waals surface area contributed by atoms with Gasteiger partial charge >= 0.3 is 6.09 Å². The maximum atomic E-state index is 13.1. The van der Waals surface area contributed by atoms with Crippen LogP contribution >= 0.6 is 0 Å². The van der Waals surface area contributed by atoms with Crippen molar-refractivity contribution in [1.29, 1.82) is 5.26 Å². The maximum absolute atomic E-state index is 13.1. The fourth-order valence-electron chi connectivity index (χ4n) is 4.20. The van der Waals surface area contributed by atoms with Gasteiger partial charge in [-0.05, 0) is 35.6 Å². The number of hydrogen-bond donors (Lipinski definition) is 3. The SMILES string of the molecule is Cn1cc(-c2ccc(CC(C#N)NC(=O)C3(NC(=O)O)CCCCCC3)cc2)ccc1=O. The van der Waals surface area contributed by atoms with E-state index in [1.54, 1.807) is 19.3 Å². The van der Waals surface area contributed by atoms with E-state index in [1.165, 1.54) is 10.6 Å². The second-order valence-corrected chi connectivity index (χ2v) is 8.35. The minimum atomic E-state index is -1.23. The molecule has 3 rings (SSSR count). The Bertz CT molecular complexity index is 1060. The number of carbonyl (C=O) groups excluding carboxylic acids is 1. The van der Waals surface area contributed by atoms with Gasteiger partial charge in [0, 0.05) is 25.7 Å². The van der Waals surface area contributed by atoms with Gasteiger partial charge in [-0.2, -0.15) is 5.26 Å². The van der Waals surface area contributed by atoms with E-state index in [1.807, 2.05) is 24.3 Å². The normalized spacial score (nSPS) is 16.2. The highest BCUT2D eigenvalue weighted by Crippen LogP contribution is 2.28. The number of amides is 2. The van der Waals surface area contributed by atoms with E-state index in [2.05, 4.69) is 16.7 Å². The molecule has 0 aliphatic heterocycles. The summed E-state index contributed by atoms with van der Waals surface area (Å²) in [4.78, 5) is 36.0. The third-order valence-corrected chi connectivity index (χ3v) is 6.01. The van der Waals surface area contributed by atoms with Crippen LogP contribution in [0, 0.1) is 11.3 Å². The zero-order chi connectivity index (χ0) is 23.1. The standard InChI is InChI=1S/C24H28N4O4/c1-28-16-19(10-11-21(28)29)18-8-6-17(7-9-18)14-20(15-25)26-22(30)24(27-23(31)32)12-4-2-3-5-13-24/h6-11,16,20,27H,2-5,12-14H2,1H3,(H,26,30)(H,31,32). The highest BCUT2D eigenvalue weighted by Gasteiger charge is 2.40. The molecule has 8 heteroatoms. The molecule has 1 aliphatic rings. The number of nitrogens with zero attached hydrogens (tertiary/aromatic N) is 2. The number of rotatable bonds is 6. The van der Waals surface area contributed by atoms with Crippen LogP contribution in [0.5, 0.6) is 0 Å². The Balaban J connectivity index is 1.71. The molecule has 8 nitrogen and oxygen atoms in total. The van der Waals surface area contributed by atoms with Crippen molar-refractivity contribution in [2.75, 3.05) is 0 Å². The van der Waals surface area contributed by atoms with Crippen LogP contribution in [0.25, 0.3) is 11.1 Å². The van der Waals surface area contributed by atoms with Crippen molar-refractivity contribution in [2.45, 2.75) is 56.5 Å². The quantitative estimate of drug-likeness (QED) is 0.601. The molecule has 0 saturated heterocycles. The smallest absolute Gasteiger partial charge is 0.405 e. The predicted molar refractivity (Wildman–Crippen MR) is 120 cm³/mol. The summed E-state index contributed by atoms with van der Waals surface area (Å²) in [6, 6.07) is 12.2. The Kier molecular flexibility index (Phi) is 7.31. The highest BCUT2D eigenvalue weighted by atomic mass is 16.4. The second-order valence-electron chi connectivity index (χ2n) is 8.35. The van der Waals surface area contributed by atoms with Gasteiger partial charge in [0.2, 0.25) is 11.5 Å². The number of aromatic nitrogens is 1. The minimum Gasteiger partial charge on any atom is -0.465 e. The summed E-state index contributed by atoms with van der Waals surface area (Å²) in [7, 11) is 1.70. The molecule has 1 unspecified atom stereocenters. The number of nitrogens with one attached hydrogen (secondary N) is 2. The number of benzene rings is 1. The first-order valence-corrected chi connectivity index (χ1v) is 10.8. The van der Waals surface area contributed by atoms with E-state index >= 15 is 0 Å². The largest absolute Gasteiger partial charge is 0.465 e. The van der Waals surface area contributed by atoms with E-state index in [-0.39, 0.29) is 5.56 Å². The van der Waals surface area contributed by atoms with Gasteiger partial charge in [0.1, 0.15) is 11.6 Å². The zero-order valence-electron chi connectivity index (χ0n) is 18.1. The van der Waals surface area contributed by atoms with E-state index in [9.17, 15) is 24.8 Å². The Morgan fingerprint density at radius 3 is 2.28 bits per heavy atom. The first kappa shape index (κ1) is 23.1. The molecule has 1 fully saturated rings. The Morgan fingerprint density at radius 1 is 1.09 bits per heavy atom. The van der Waals surface area contributed by atoms with Gasteiger partial charge < -0.3 is 20.3 Å². The van der Waals surface area contributed by atoms with Crippen LogP contribution in [-0.2, 0) is 18.3 Å². The third kappa shape index (κ3) is 5.55. The van der Waals surface area contributed by atoms with Crippen molar-refractivity contribution in [3.05, 3.63) is 58.5 Å². The summed E-state index contributed by atoms with van der Waals surface area (Å²) in [5, 5.41) is 24.1. The summed E-state index contributed by atoms with van der Waals surface area (Å²) in [6.07, 6.45) is 5.13. The third-order valence-electron chi connectivity index (χ3n) is 6.01. The van der Waals surface area contributed by atoms with Crippen LogP contribution in [-0.4, -0.2) is 33.3 Å². The van der Waals surface area contributed by atoms with Gasteiger partial charge in [0.25, 0.3) is 0 Å². The Labute approximate surface area is 186 Å². The number of pyridine rings is 1. The molecule has 0 radical (unpaired) electrons. The Morgan fingerprint density at radius 2 is 1.72 bits per heavy atom. The van der Waals surface area contributed by atoms with Crippen LogP contribution in [0.4, 0.5) is 4.79 Å². The van der Waals surface area contributed by atoms with E-state index in [0.29, 0.717) is 19.3 Å².